The molecule has 0 amide bonds. The van der Waals surface area contributed by atoms with Gasteiger partial charge in [0.1, 0.15) is 11.1 Å². The van der Waals surface area contributed by atoms with E-state index in [-0.39, 0.29) is 5.75 Å². The molecule has 9 nitrogen and oxygen atoms in total. The quantitative estimate of drug-likeness (QED) is 0.258. The summed E-state index contributed by atoms with van der Waals surface area (Å²) in [5.41, 5.74) is 4.75. The first-order chi connectivity index (χ1) is 19.8. The number of fused-ring (bicyclic) bond motifs is 2. The SMILES string of the molecule is CCS(=O)(=O)Nc1cc(-c2cn(C)c3c(OC)nccc23)cc2c1ccn2C(C)(c1ccccn1)c1ccccn1. The fourth-order valence-electron chi connectivity index (χ4n) is 5.49. The number of rotatable bonds is 8. The Labute approximate surface area is 238 Å². The molecular formula is C31H30N6O3S. The van der Waals surface area contributed by atoms with Crippen LogP contribution in [0.2, 0.25) is 0 Å². The Morgan fingerprint density at radius 1 is 0.927 bits per heavy atom. The molecule has 0 aliphatic heterocycles. The zero-order chi connectivity index (χ0) is 28.8. The van der Waals surface area contributed by atoms with E-state index in [1.54, 1.807) is 32.6 Å². The average Bonchev–Trinajstić information content (AvgIpc) is 3.59. The van der Waals surface area contributed by atoms with Gasteiger partial charge < -0.3 is 13.9 Å². The van der Waals surface area contributed by atoms with E-state index in [2.05, 4.69) is 27.3 Å². The van der Waals surface area contributed by atoms with E-state index in [0.717, 1.165) is 44.3 Å². The van der Waals surface area contributed by atoms with Crippen LogP contribution in [0, 0.1) is 0 Å². The van der Waals surface area contributed by atoms with Gasteiger partial charge >= 0.3 is 0 Å². The van der Waals surface area contributed by atoms with Crippen LogP contribution in [0.3, 0.4) is 0 Å². The summed E-state index contributed by atoms with van der Waals surface area (Å²) >= 11 is 0. The van der Waals surface area contributed by atoms with E-state index < -0.39 is 15.6 Å². The monoisotopic (exact) mass is 566 g/mol. The highest BCUT2D eigenvalue weighted by atomic mass is 32.2. The molecular weight excluding hydrogens is 536 g/mol. The van der Waals surface area contributed by atoms with Crippen LogP contribution in [-0.2, 0) is 22.6 Å². The number of sulfonamides is 1. The van der Waals surface area contributed by atoms with Crippen LogP contribution < -0.4 is 9.46 Å². The lowest BCUT2D eigenvalue weighted by Gasteiger charge is -2.32. The van der Waals surface area contributed by atoms with Gasteiger partial charge in [-0.05, 0) is 67.9 Å². The maximum absolute atomic E-state index is 12.8. The smallest absolute Gasteiger partial charge is 0.238 e. The second-order valence-corrected chi connectivity index (χ2v) is 12.0. The molecule has 0 saturated carbocycles. The highest BCUT2D eigenvalue weighted by Crippen LogP contribution is 2.41. The van der Waals surface area contributed by atoms with E-state index in [4.69, 9.17) is 14.7 Å². The second kappa shape index (κ2) is 10.0. The Balaban J connectivity index is 1.68. The summed E-state index contributed by atoms with van der Waals surface area (Å²) in [6, 6.07) is 19.5. The van der Waals surface area contributed by atoms with E-state index in [1.807, 2.05) is 78.6 Å². The van der Waals surface area contributed by atoms with Crippen LogP contribution in [0.4, 0.5) is 5.69 Å². The molecule has 0 bridgehead atoms. The average molecular weight is 567 g/mol. The largest absolute Gasteiger partial charge is 0.479 e. The number of pyridine rings is 3. The van der Waals surface area contributed by atoms with Crippen molar-refractivity contribution in [3.05, 3.63) is 103 Å². The zero-order valence-corrected chi connectivity index (χ0v) is 24.1. The molecule has 5 aromatic heterocycles. The first-order valence-corrected chi connectivity index (χ1v) is 14.9. The highest BCUT2D eigenvalue weighted by molar-refractivity contribution is 7.92. The number of ether oxygens (including phenoxy) is 1. The minimum atomic E-state index is -3.56. The van der Waals surface area contributed by atoms with Crippen molar-refractivity contribution in [1.29, 1.82) is 0 Å². The molecule has 0 saturated heterocycles. The summed E-state index contributed by atoms with van der Waals surface area (Å²) < 4.78 is 38.1. The molecule has 0 atom stereocenters. The standard InChI is InChI=1S/C31H30N6O3S/c1-5-41(38,39)35-25-18-21(24-20-36(3)29-22(24)12-16-34-30(29)40-4)19-26-23(25)13-17-37(26)31(2,27-10-6-8-14-32-27)28-11-7-9-15-33-28/h6-20,35H,5H2,1-4H3. The molecule has 41 heavy (non-hydrogen) atoms. The van der Waals surface area contributed by atoms with E-state index >= 15 is 0 Å². The molecule has 0 radical (unpaired) electrons. The molecule has 0 fully saturated rings. The van der Waals surface area contributed by atoms with Gasteiger partial charge in [0.15, 0.2) is 0 Å². The number of aromatic nitrogens is 5. The number of methoxy groups -OCH3 is 1. The number of benzene rings is 1. The van der Waals surface area contributed by atoms with E-state index in [9.17, 15) is 8.42 Å². The van der Waals surface area contributed by atoms with Gasteiger partial charge in [-0.3, -0.25) is 14.7 Å². The second-order valence-electron chi connectivity index (χ2n) is 10.0. The summed E-state index contributed by atoms with van der Waals surface area (Å²) in [7, 11) is -0.0207. The van der Waals surface area contributed by atoms with Crippen molar-refractivity contribution in [2.24, 2.45) is 7.05 Å². The predicted octanol–water partition coefficient (Wildman–Crippen LogP) is 5.57. The first kappa shape index (κ1) is 26.5. The molecule has 5 heterocycles. The fraction of sp³-hybridized carbons (Fsp3) is 0.194. The Morgan fingerprint density at radius 3 is 2.24 bits per heavy atom. The number of anilines is 1. The van der Waals surface area contributed by atoms with Gasteiger partial charge in [-0.2, -0.15) is 0 Å². The van der Waals surface area contributed by atoms with Crippen LogP contribution in [-0.4, -0.2) is 45.4 Å². The minimum absolute atomic E-state index is 0.0455. The van der Waals surface area contributed by atoms with Crippen molar-refractivity contribution < 1.29 is 13.2 Å². The van der Waals surface area contributed by atoms with Crippen LogP contribution in [0.15, 0.2) is 91.6 Å². The van der Waals surface area contributed by atoms with Gasteiger partial charge in [-0.25, -0.2) is 13.4 Å². The summed E-state index contributed by atoms with van der Waals surface area (Å²) in [4.78, 5) is 13.8. The van der Waals surface area contributed by atoms with Gasteiger partial charge in [0.25, 0.3) is 0 Å². The summed E-state index contributed by atoms with van der Waals surface area (Å²) in [5, 5.41) is 1.71. The van der Waals surface area contributed by atoms with Crippen molar-refractivity contribution >= 4 is 37.5 Å². The van der Waals surface area contributed by atoms with Crippen molar-refractivity contribution in [3.8, 4) is 17.0 Å². The Morgan fingerprint density at radius 2 is 1.63 bits per heavy atom. The zero-order valence-electron chi connectivity index (χ0n) is 23.2. The van der Waals surface area contributed by atoms with Crippen LogP contribution >= 0.6 is 0 Å². The normalized spacial score (nSPS) is 12.2. The molecule has 1 N–H and O–H groups in total. The number of aryl methyl sites for hydroxylation is 1. The molecule has 6 aromatic rings. The van der Waals surface area contributed by atoms with Crippen molar-refractivity contribution in [3.63, 3.8) is 0 Å². The molecule has 0 aliphatic rings. The Kier molecular flexibility index (Phi) is 6.50. The van der Waals surface area contributed by atoms with Gasteiger partial charge in [-0.1, -0.05) is 12.1 Å². The van der Waals surface area contributed by atoms with Gasteiger partial charge in [0.2, 0.25) is 15.9 Å². The number of nitrogens with zero attached hydrogens (tertiary/aromatic N) is 5. The lowest BCUT2D eigenvalue weighted by molar-refractivity contribution is 0.401. The third kappa shape index (κ3) is 4.40. The molecule has 6 rings (SSSR count). The third-order valence-corrected chi connectivity index (χ3v) is 8.91. The summed E-state index contributed by atoms with van der Waals surface area (Å²) in [6.07, 6.45) is 9.24. The molecule has 0 unspecified atom stereocenters. The molecule has 0 spiro atoms. The summed E-state index contributed by atoms with van der Waals surface area (Å²) in [6.45, 7) is 3.70. The fourth-order valence-corrected chi connectivity index (χ4v) is 6.14. The minimum Gasteiger partial charge on any atom is -0.479 e. The molecule has 0 aliphatic carbocycles. The third-order valence-electron chi connectivity index (χ3n) is 7.62. The Hall–Kier alpha value is -4.70. The van der Waals surface area contributed by atoms with Crippen molar-refractivity contribution in [1.82, 2.24) is 24.1 Å². The maximum atomic E-state index is 12.8. The molecule has 1 aromatic carbocycles. The van der Waals surface area contributed by atoms with Crippen LogP contribution in [0.1, 0.15) is 25.2 Å². The van der Waals surface area contributed by atoms with Crippen LogP contribution in [0.5, 0.6) is 5.88 Å². The topological polar surface area (TPSA) is 104 Å². The number of hydrogen-bond donors (Lipinski definition) is 1. The lowest BCUT2D eigenvalue weighted by atomic mass is 9.91. The number of hydrogen-bond acceptors (Lipinski definition) is 6. The van der Waals surface area contributed by atoms with Gasteiger partial charge in [0, 0.05) is 54.4 Å². The maximum Gasteiger partial charge on any atom is 0.238 e. The highest BCUT2D eigenvalue weighted by Gasteiger charge is 2.35. The lowest BCUT2D eigenvalue weighted by Crippen LogP contribution is -2.34. The molecule has 208 valence electrons. The van der Waals surface area contributed by atoms with Crippen molar-refractivity contribution in [2.45, 2.75) is 19.4 Å². The van der Waals surface area contributed by atoms with Gasteiger partial charge in [-0.15, -0.1) is 0 Å². The van der Waals surface area contributed by atoms with E-state index in [0.29, 0.717) is 11.6 Å². The summed E-state index contributed by atoms with van der Waals surface area (Å²) in [5.74, 6) is 0.473. The van der Waals surface area contributed by atoms with Gasteiger partial charge in [0.05, 0.1) is 35.5 Å². The van der Waals surface area contributed by atoms with Crippen molar-refractivity contribution in [2.75, 3.05) is 17.6 Å². The number of nitrogens with one attached hydrogen (secondary N) is 1. The Bertz CT molecular complexity index is 1940. The predicted molar refractivity (Wildman–Crippen MR) is 162 cm³/mol. The first-order valence-electron chi connectivity index (χ1n) is 13.2. The van der Waals surface area contributed by atoms with E-state index in [1.165, 1.54) is 0 Å². The van der Waals surface area contributed by atoms with Crippen LogP contribution in [0.25, 0.3) is 32.9 Å². The molecule has 10 heteroatoms.